The monoisotopic (exact) mass is 500 g/mol. The predicted octanol–water partition coefficient (Wildman–Crippen LogP) is 6.35. The summed E-state index contributed by atoms with van der Waals surface area (Å²) in [5.74, 6) is 0.182. The third kappa shape index (κ3) is 6.11. The molecule has 0 saturated carbocycles. The highest BCUT2D eigenvalue weighted by Crippen LogP contribution is 2.47. The number of rotatable bonds is 5. The third-order valence-corrected chi connectivity index (χ3v) is 6.55. The molecule has 3 nitrogen and oxygen atoms in total. The molecule has 2 unspecified atom stereocenters. The average molecular weight is 501 g/mol. The van der Waals surface area contributed by atoms with Crippen LogP contribution in [0.1, 0.15) is 39.5 Å². The number of halogens is 6. The van der Waals surface area contributed by atoms with Gasteiger partial charge in [-0.05, 0) is 11.3 Å². The van der Waals surface area contributed by atoms with Crippen LogP contribution in [0.2, 0.25) is 0 Å². The van der Waals surface area contributed by atoms with Crippen molar-refractivity contribution in [1.82, 2.24) is 4.57 Å². The van der Waals surface area contributed by atoms with Crippen LogP contribution in [0.3, 0.4) is 0 Å². The molecular formula is C21H26F6N2OS2. The standard InChI is InChI=1S/C21H26F6N2OS2/c1-13(2)10-29-11-15(18(3,4)5)32-17(29)28-16(31)19(21(25,26)27)9-7-6-8-14(19)30-12-20(22,23)24/h6-9,11,13-14H,10,12H2,1-5H3. The van der Waals surface area contributed by atoms with Crippen molar-refractivity contribution in [3.8, 4) is 0 Å². The fourth-order valence-electron chi connectivity index (χ4n) is 3.08. The molecule has 0 amide bonds. The van der Waals surface area contributed by atoms with Crippen LogP contribution in [-0.2, 0) is 16.7 Å². The zero-order valence-electron chi connectivity index (χ0n) is 18.3. The summed E-state index contributed by atoms with van der Waals surface area (Å²) in [7, 11) is 0. The summed E-state index contributed by atoms with van der Waals surface area (Å²) in [4.78, 5) is 4.51. The van der Waals surface area contributed by atoms with Gasteiger partial charge in [0.1, 0.15) is 17.7 Å². The lowest BCUT2D eigenvalue weighted by Crippen LogP contribution is -2.53. The summed E-state index contributed by atoms with van der Waals surface area (Å²) < 4.78 is 87.5. The number of hydrogen-bond donors (Lipinski definition) is 0. The topological polar surface area (TPSA) is 26.5 Å². The maximum absolute atomic E-state index is 14.3. The normalized spacial score (nSPS) is 22.8. The van der Waals surface area contributed by atoms with Crippen LogP contribution < -0.4 is 4.80 Å². The van der Waals surface area contributed by atoms with Crippen LogP contribution >= 0.6 is 23.6 Å². The molecular weight excluding hydrogens is 474 g/mol. The van der Waals surface area contributed by atoms with E-state index in [9.17, 15) is 26.3 Å². The van der Waals surface area contributed by atoms with Crippen molar-refractivity contribution in [2.75, 3.05) is 6.61 Å². The van der Waals surface area contributed by atoms with E-state index in [1.807, 2.05) is 40.8 Å². The molecule has 0 bridgehead atoms. The van der Waals surface area contributed by atoms with Gasteiger partial charge < -0.3 is 9.30 Å². The van der Waals surface area contributed by atoms with Crippen molar-refractivity contribution in [2.24, 2.45) is 16.3 Å². The largest absolute Gasteiger partial charge is 0.411 e. The van der Waals surface area contributed by atoms with E-state index in [0.717, 1.165) is 23.1 Å². The van der Waals surface area contributed by atoms with Crippen LogP contribution in [0.15, 0.2) is 35.5 Å². The van der Waals surface area contributed by atoms with Gasteiger partial charge in [0.2, 0.25) is 0 Å². The maximum atomic E-state index is 14.3. The highest BCUT2D eigenvalue weighted by Gasteiger charge is 2.62. The number of aromatic nitrogens is 1. The lowest BCUT2D eigenvalue weighted by atomic mass is 9.78. The summed E-state index contributed by atoms with van der Waals surface area (Å²) >= 11 is 6.34. The van der Waals surface area contributed by atoms with Gasteiger partial charge in [-0.15, -0.1) is 11.3 Å². The SMILES string of the molecule is CC(C)Cn1cc(C(C)(C)C)sc1=NC(=S)C1(C(F)(F)F)C=CC=CC1OCC(F)(F)F. The number of allylic oxidation sites excluding steroid dienone is 2. The minimum Gasteiger partial charge on any atom is -0.363 e. The minimum atomic E-state index is -5.03. The molecule has 11 heteroatoms. The Morgan fingerprint density at radius 3 is 2.31 bits per heavy atom. The zero-order valence-corrected chi connectivity index (χ0v) is 20.0. The molecule has 32 heavy (non-hydrogen) atoms. The Morgan fingerprint density at radius 2 is 1.81 bits per heavy atom. The molecule has 0 radical (unpaired) electrons. The highest BCUT2D eigenvalue weighted by atomic mass is 32.1. The van der Waals surface area contributed by atoms with Gasteiger partial charge in [-0.25, -0.2) is 4.99 Å². The van der Waals surface area contributed by atoms with Gasteiger partial charge in [0.25, 0.3) is 0 Å². The minimum absolute atomic E-state index is 0.182. The first-order valence-electron chi connectivity index (χ1n) is 9.88. The molecule has 1 aliphatic rings. The zero-order chi connectivity index (χ0) is 24.5. The van der Waals surface area contributed by atoms with Gasteiger partial charge >= 0.3 is 12.4 Å². The number of thiocarbonyl (C=S) groups is 1. The molecule has 180 valence electrons. The molecule has 0 saturated heterocycles. The lowest BCUT2D eigenvalue weighted by Gasteiger charge is -2.38. The van der Waals surface area contributed by atoms with E-state index in [1.54, 1.807) is 4.57 Å². The van der Waals surface area contributed by atoms with Gasteiger partial charge in [0.05, 0.1) is 0 Å². The molecule has 0 N–H and O–H groups in total. The second-order valence-electron chi connectivity index (χ2n) is 9.05. The molecule has 0 spiro atoms. The Morgan fingerprint density at radius 1 is 1.19 bits per heavy atom. The number of nitrogens with zero attached hydrogens (tertiary/aromatic N) is 2. The van der Waals surface area contributed by atoms with Crippen molar-refractivity contribution < 1.29 is 31.1 Å². The molecule has 1 aromatic rings. The lowest BCUT2D eigenvalue weighted by molar-refractivity contribution is -0.232. The van der Waals surface area contributed by atoms with Crippen LogP contribution in [-0.4, -0.2) is 34.6 Å². The third-order valence-electron chi connectivity index (χ3n) is 4.67. The van der Waals surface area contributed by atoms with Gasteiger partial charge in [-0.3, -0.25) is 0 Å². The molecule has 2 atom stereocenters. The van der Waals surface area contributed by atoms with Crippen molar-refractivity contribution in [1.29, 1.82) is 0 Å². The first-order chi connectivity index (χ1) is 14.5. The van der Waals surface area contributed by atoms with E-state index in [-0.39, 0.29) is 16.1 Å². The smallest absolute Gasteiger partial charge is 0.363 e. The number of ether oxygens (including phenoxy) is 1. The Bertz CT molecular complexity index is 947. The summed E-state index contributed by atoms with van der Waals surface area (Å²) in [6, 6.07) is 0. The second kappa shape index (κ2) is 9.42. The number of alkyl halides is 6. The summed E-state index contributed by atoms with van der Waals surface area (Å²) in [5, 5.41) is 0. The molecule has 2 rings (SSSR count). The number of thiazole rings is 1. The Labute approximate surface area is 192 Å². The molecule has 0 fully saturated rings. The predicted molar refractivity (Wildman–Crippen MR) is 117 cm³/mol. The summed E-state index contributed by atoms with van der Waals surface area (Å²) in [6.07, 6.45) is -6.02. The molecule has 1 heterocycles. The first-order valence-corrected chi connectivity index (χ1v) is 11.1. The highest BCUT2D eigenvalue weighted by molar-refractivity contribution is 7.80. The van der Waals surface area contributed by atoms with Gasteiger partial charge in [0.15, 0.2) is 10.2 Å². The average Bonchev–Trinajstić information content (AvgIpc) is 3.00. The van der Waals surface area contributed by atoms with E-state index in [2.05, 4.69) is 9.73 Å². The summed E-state index contributed by atoms with van der Waals surface area (Å²) in [5.41, 5.74) is -3.27. The van der Waals surface area contributed by atoms with Crippen LogP contribution in [0, 0.1) is 11.3 Å². The van der Waals surface area contributed by atoms with Gasteiger partial charge in [-0.1, -0.05) is 71.1 Å². The fraction of sp³-hybridized carbons (Fsp3) is 0.619. The Kier molecular flexibility index (Phi) is 7.89. The molecule has 1 aromatic heterocycles. The maximum Gasteiger partial charge on any atom is 0.411 e. The van der Waals surface area contributed by atoms with Crippen LogP contribution in [0.4, 0.5) is 26.3 Å². The molecule has 0 aromatic carbocycles. The van der Waals surface area contributed by atoms with Gasteiger partial charge in [-0.2, -0.15) is 26.3 Å². The fourth-order valence-corrected chi connectivity index (χ4v) is 4.59. The molecule has 0 aliphatic heterocycles. The Hall–Kier alpha value is -1.46. The van der Waals surface area contributed by atoms with E-state index < -0.39 is 35.5 Å². The van der Waals surface area contributed by atoms with E-state index in [0.29, 0.717) is 6.54 Å². The van der Waals surface area contributed by atoms with Gasteiger partial charge in [0, 0.05) is 17.6 Å². The second-order valence-corrected chi connectivity index (χ2v) is 10.4. The van der Waals surface area contributed by atoms with Crippen molar-refractivity contribution in [3.05, 3.63) is 40.2 Å². The first kappa shape index (κ1) is 26.8. The van der Waals surface area contributed by atoms with Crippen LogP contribution in [0.25, 0.3) is 0 Å². The quantitative estimate of drug-likeness (QED) is 0.348. The van der Waals surface area contributed by atoms with Crippen LogP contribution in [0.5, 0.6) is 0 Å². The van der Waals surface area contributed by atoms with E-state index in [4.69, 9.17) is 12.2 Å². The van der Waals surface area contributed by atoms with Crippen molar-refractivity contribution >= 4 is 28.5 Å². The van der Waals surface area contributed by atoms with E-state index >= 15 is 0 Å². The number of hydrogen-bond acceptors (Lipinski definition) is 3. The van der Waals surface area contributed by atoms with Crippen molar-refractivity contribution in [3.63, 3.8) is 0 Å². The Balaban J connectivity index is 2.62. The summed E-state index contributed by atoms with van der Waals surface area (Å²) in [6.45, 7) is 8.47. The van der Waals surface area contributed by atoms with Crippen molar-refractivity contribution in [2.45, 2.75) is 65.0 Å². The van der Waals surface area contributed by atoms with E-state index in [1.165, 1.54) is 17.4 Å². The molecule has 1 aliphatic carbocycles.